The average Bonchev–Trinajstić information content (AvgIpc) is 2.82. The minimum Gasteiger partial charge on any atom is -0.478 e. The number of aromatic carboxylic acids is 1. The molecule has 0 amide bonds. The molecule has 0 aliphatic rings. The summed E-state index contributed by atoms with van der Waals surface area (Å²) in [6.45, 7) is 3.36. The first-order chi connectivity index (χ1) is 9.94. The van der Waals surface area contributed by atoms with Gasteiger partial charge >= 0.3 is 5.97 Å². The zero-order valence-electron chi connectivity index (χ0n) is 12.4. The molecular formula is C15H19N3O2S. The number of nitrogens with zero attached hydrogens (tertiary/aromatic N) is 2. The Balaban J connectivity index is 2.02. The summed E-state index contributed by atoms with van der Waals surface area (Å²) in [5, 5.41) is 13.3. The summed E-state index contributed by atoms with van der Waals surface area (Å²) in [5.74, 6) is -0.913. The molecule has 0 bridgehead atoms. The van der Waals surface area contributed by atoms with E-state index in [2.05, 4.69) is 15.2 Å². The number of aryl methyl sites for hydroxylation is 1. The van der Waals surface area contributed by atoms with E-state index >= 15 is 0 Å². The maximum Gasteiger partial charge on any atom is 0.335 e. The Hall–Kier alpha value is -1.92. The van der Waals surface area contributed by atoms with Crippen LogP contribution in [-0.2, 0) is 13.1 Å². The molecule has 6 heteroatoms. The summed E-state index contributed by atoms with van der Waals surface area (Å²) in [4.78, 5) is 18.7. The lowest BCUT2D eigenvalue weighted by Gasteiger charge is -2.07. The Morgan fingerprint density at radius 1 is 1.38 bits per heavy atom. The predicted molar refractivity (Wildman–Crippen MR) is 85.0 cm³/mol. The van der Waals surface area contributed by atoms with Gasteiger partial charge < -0.3 is 15.3 Å². The molecule has 1 aromatic carbocycles. The molecule has 5 nitrogen and oxygen atoms in total. The van der Waals surface area contributed by atoms with E-state index in [1.54, 1.807) is 23.5 Å². The highest BCUT2D eigenvalue weighted by molar-refractivity contribution is 7.11. The van der Waals surface area contributed by atoms with E-state index < -0.39 is 5.97 Å². The van der Waals surface area contributed by atoms with Crippen LogP contribution in [0.25, 0.3) is 0 Å². The fourth-order valence-corrected chi connectivity index (χ4v) is 2.98. The van der Waals surface area contributed by atoms with Crippen molar-refractivity contribution in [1.82, 2.24) is 9.88 Å². The summed E-state index contributed by atoms with van der Waals surface area (Å²) in [6.07, 6.45) is 1.89. The first-order valence-corrected chi connectivity index (χ1v) is 7.43. The van der Waals surface area contributed by atoms with Crippen LogP contribution in [0.4, 0.5) is 5.69 Å². The number of carboxylic acids is 1. The quantitative estimate of drug-likeness (QED) is 0.859. The number of carboxylic acid groups (broad SMARTS) is 1. The standard InChI is InChI=1S/C15H19N3O2S/c1-10-4-11(15(19)20)6-12(5-10)16-8-14-17-7-13(21-14)9-18(2)3/h4-7,16H,8-9H2,1-3H3,(H,19,20). The van der Waals surface area contributed by atoms with Gasteiger partial charge in [0, 0.05) is 23.3 Å². The molecule has 2 rings (SSSR count). The van der Waals surface area contributed by atoms with Crippen LogP contribution in [-0.4, -0.2) is 35.1 Å². The van der Waals surface area contributed by atoms with Crippen LogP contribution in [0, 0.1) is 6.92 Å². The summed E-state index contributed by atoms with van der Waals surface area (Å²) < 4.78 is 0. The van der Waals surface area contributed by atoms with E-state index in [1.807, 2.05) is 33.3 Å². The SMILES string of the molecule is Cc1cc(NCc2ncc(CN(C)C)s2)cc(C(=O)O)c1. The highest BCUT2D eigenvalue weighted by atomic mass is 32.1. The second-order valence-corrected chi connectivity index (χ2v) is 6.40. The van der Waals surface area contributed by atoms with Gasteiger partial charge in [0.05, 0.1) is 12.1 Å². The van der Waals surface area contributed by atoms with Crippen molar-refractivity contribution in [3.8, 4) is 0 Å². The lowest BCUT2D eigenvalue weighted by atomic mass is 10.1. The van der Waals surface area contributed by atoms with Gasteiger partial charge in [0.1, 0.15) is 5.01 Å². The average molecular weight is 305 g/mol. The van der Waals surface area contributed by atoms with Crippen LogP contribution < -0.4 is 5.32 Å². The third kappa shape index (κ3) is 4.54. The van der Waals surface area contributed by atoms with Crippen molar-refractivity contribution in [2.24, 2.45) is 0 Å². The molecule has 112 valence electrons. The fraction of sp³-hybridized carbons (Fsp3) is 0.333. The fourth-order valence-electron chi connectivity index (χ4n) is 2.00. The molecule has 0 spiro atoms. The molecule has 1 heterocycles. The van der Waals surface area contributed by atoms with E-state index in [4.69, 9.17) is 5.11 Å². The second kappa shape index (κ2) is 6.69. The molecule has 21 heavy (non-hydrogen) atoms. The summed E-state index contributed by atoms with van der Waals surface area (Å²) in [7, 11) is 4.05. The maximum atomic E-state index is 11.0. The van der Waals surface area contributed by atoms with Crippen molar-refractivity contribution in [2.75, 3.05) is 19.4 Å². The topological polar surface area (TPSA) is 65.5 Å². The van der Waals surface area contributed by atoms with Crippen molar-refractivity contribution >= 4 is 23.0 Å². The molecule has 1 aromatic heterocycles. The predicted octanol–water partition coefficient (Wildman–Crippen LogP) is 2.82. The van der Waals surface area contributed by atoms with Gasteiger partial charge in [0.15, 0.2) is 0 Å². The van der Waals surface area contributed by atoms with Crippen molar-refractivity contribution in [2.45, 2.75) is 20.0 Å². The van der Waals surface area contributed by atoms with Crippen molar-refractivity contribution in [1.29, 1.82) is 0 Å². The van der Waals surface area contributed by atoms with E-state index in [0.717, 1.165) is 22.8 Å². The number of nitrogens with one attached hydrogen (secondary N) is 1. The molecule has 0 atom stereocenters. The molecule has 0 unspecified atom stereocenters. The molecule has 0 aliphatic heterocycles. The first-order valence-electron chi connectivity index (χ1n) is 6.61. The van der Waals surface area contributed by atoms with Crippen molar-refractivity contribution < 1.29 is 9.90 Å². The zero-order valence-corrected chi connectivity index (χ0v) is 13.2. The van der Waals surface area contributed by atoms with E-state index in [1.165, 1.54) is 4.88 Å². The Kier molecular flexibility index (Phi) is 4.93. The highest BCUT2D eigenvalue weighted by Gasteiger charge is 2.07. The number of hydrogen-bond donors (Lipinski definition) is 2. The summed E-state index contributed by atoms with van der Waals surface area (Å²) in [6, 6.07) is 5.23. The van der Waals surface area contributed by atoms with Gasteiger partial charge in [-0.1, -0.05) is 0 Å². The third-order valence-electron chi connectivity index (χ3n) is 2.84. The van der Waals surface area contributed by atoms with Gasteiger partial charge in [-0.2, -0.15) is 0 Å². The van der Waals surface area contributed by atoms with Gasteiger partial charge in [-0.25, -0.2) is 9.78 Å². The summed E-state index contributed by atoms with van der Waals surface area (Å²) >= 11 is 1.66. The summed E-state index contributed by atoms with van der Waals surface area (Å²) in [5.41, 5.74) is 2.02. The van der Waals surface area contributed by atoms with Crippen molar-refractivity contribution in [3.05, 3.63) is 45.4 Å². The minimum absolute atomic E-state index is 0.296. The molecule has 0 fully saturated rings. The van der Waals surface area contributed by atoms with E-state index in [0.29, 0.717) is 12.1 Å². The maximum absolute atomic E-state index is 11.0. The van der Waals surface area contributed by atoms with Crippen LogP contribution in [0.2, 0.25) is 0 Å². The van der Waals surface area contributed by atoms with Crippen LogP contribution in [0.3, 0.4) is 0 Å². The molecule has 0 radical (unpaired) electrons. The number of anilines is 1. The lowest BCUT2D eigenvalue weighted by Crippen LogP contribution is -2.09. The minimum atomic E-state index is -0.913. The van der Waals surface area contributed by atoms with Crippen LogP contribution >= 0.6 is 11.3 Å². The van der Waals surface area contributed by atoms with Gasteiger partial charge in [-0.05, 0) is 44.8 Å². The number of hydrogen-bond acceptors (Lipinski definition) is 5. The number of benzene rings is 1. The van der Waals surface area contributed by atoms with Gasteiger partial charge in [-0.15, -0.1) is 11.3 Å². The Labute approximate surface area is 128 Å². The van der Waals surface area contributed by atoms with Gasteiger partial charge in [0.2, 0.25) is 0 Å². The molecule has 0 saturated carbocycles. The Morgan fingerprint density at radius 2 is 2.14 bits per heavy atom. The second-order valence-electron chi connectivity index (χ2n) is 5.20. The normalized spacial score (nSPS) is 10.9. The van der Waals surface area contributed by atoms with Crippen molar-refractivity contribution in [3.63, 3.8) is 0 Å². The third-order valence-corrected chi connectivity index (χ3v) is 3.82. The lowest BCUT2D eigenvalue weighted by molar-refractivity contribution is 0.0697. The number of aromatic nitrogens is 1. The molecule has 2 N–H and O–H groups in total. The Bertz CT molecular complexity index is 638. The highest BCUT2D eigenvalue weighted by Crippen LogP contribution is 2.18. The monoisotopic (exact) mass is 305 g/mol. The number of thiazole rings is 1. The van der Waals surface area contributed by atoms with Gasteiger partial charge in [0.25, 0.3) is 0 Å². The smallest absolute Gasteiger partial charge is 0.335 e. The van der Waals surface area contributed by atoms with Crippen LogP contribution in [0.5, 0.6) is 0 Å². The molecular weight excluding hydrogens is 286 g/mol. The first kappa shape index (κ1) is 15.5. The van der Waals surface area contributed by atoms with Crippen LogP contribution in [0.1, 0.15) is 25.8 Å². The largest absolute Gasteiger partial charge is 0.478 e. The molecule has 2 aromatic rings. The van der Waals surface area contributed by atoms with Crippen LogP contribution in [0.15, 0.2) is 24.4 Å². The molecule has 0 saturated heterocycles. The zero-order chi connectivity index (χ0) is 15.4. The van der Waals surface area contributed by atoms with E-state index in [-0.39, 0.29) is 0 Å². The van der Waals surface area contributed by atoms with E-state index in [9.17, 15) is 4.79 Å². The number of rotatable bonds is 6. The number of carbonyl (C=O) groups is 1. The molecule has 0 aliphatic carbocycles. The van der Waals surface area contributed by atoms with Gasteiger partial charge in [-0.3, -0.25) is 0 Å². The Morgan fingerprint density at radius 3 is 2.81 bits per heavy atom.